The Labute approximate surface area is 172 Å². The maximum absolute atomic E-state index is 13.9. The Morgan fingerprint density at radius 1 is 1.17 bits per heavy atom. The highest BCUT2D eigenvalue weighted by Crippen LogP contribution is 2.39. The largest absolute Gasteiger partial charge is 0.481 e. The van der Waals surface area contributed by atoms with E-state index in [0.717, 1.165) is 0 Å². The molecule has 3 aromatic carbocycles. The van der Waals surface area contributed by atoms with E-state index in [1.165, 1.54) is 37.3 Å². The van der Waals surface area contributed by atoms with Gasteiger partial charge in [0.05, 0.1) is 22.1 Å². The van der Waals surface area contributed by atoms with Gasteiger partial charge < -0.3 is 9.84 Å². The zero-order chi connectivity index (χ0) is 21.3. The highest BCUT2D eigenvalue weighted by molar-refractivity contribution is 7.91. The Bertz CT molecular complexity index is 1220. The first kappa shape index (κ1) is 21.1. The lowest BCUT2D eigenvalue weighted by Gasteiger charge is -2.16. The number of carbonyl (C=O) groups is 1. The average Bonchev–Trinajstić information content (AvgIpc) is 2.66. The fourth-order valence-electron chi connectivity index (χ4n) is 3.01. The molecule has 3 rings (SSSR count). The van der Waals surface area contributed by atoms with Gasteiger partial charge in [0.1, 0.15) is 17.3 Å². The van der Waals surface area contributed by atoms with E-state index < -0.39 is 21.6 Å². The molecule has 8 heteroatoms. The SMILES string of the molecule is CCS(=O)(=O)c1ccc(Oc2c(C)c(CC(=O)O)cc3ccc(F)cc23)c(Cl)c1. The number of rotatable bonds is 6. The van der Waals surface area contributed by atoms with Crippen molar-refractivity contribution in [1.82, 2.24) is 0 Å². The molecule has 0 fully saturated rings. The number of hydrogen-bond acceptors (Lipinski definition) is 4. The van der Waals surface area contributed by atoms with E-state index in [4.69, 9.17) is 16.3 Å². The molecule has 0 heterocycles. The van der Waals surface area contributed by atoms with Gasteiger partial charge in [0, 0.05) is 5.39 Å². The summed E-state index contributed by atoms with van der Waals surface area (Å²) in [6.45, 7) is 3.22. The number of sulfone groups is 1. The van der Waals surface area contributed by atoms with Crippen LogP contribution in [0.15, 0.2) is 47.4 Å². The van der Waals surface area contributed by atoms with Crippen molar-refractivity contribution in [3.63, 3.8) is 0 Å². The quantitative estimate of drug-likeness (QED) is 0.577. The number of carboxylic acid groups (broad SMARTS) is 1. The predicted molar refractivity (Wildman–Crippen MR) is 109 cm³/mol. The second-order valence-electron chi connectivity index (χ2n) is 6.52. The molecule has 0 saturated heterocycles. The summed E-state index contributed by atoms with van der Waals surface area (Å²) in [6.07, 6.45) is -0.225. The van der Waals surface area contributed by atoms with Crippen molar-refractivity contribution in [1.29, 1.82) is 0 Å². The van der Waals surface area contributed by atoms with Crippen molar-refractivity contribution in [3.05, 3.63) is 64.4 Å². The van der Waals surface area contributed by atoms with E-state index in [2.05, 4.69) is 0 Å². The maximum atomic E-state index is 13.9. The molecular weight excluding hydrogens is 419 g/mol. The second kappa shape index (κ2) is 8.00. The van der Waals surface area contributed by atoms with Crippen LogP contribution in [0.3, 0.4) is 0 Å². The predicted octanol–water partition coefficient (Wildman–Crippen LogP) is 5.15. The Morgan fingerprint density at radius 2 is 1.90 bits per heavy atom. The summed E-state index contributed by atoms with van der Waals surface area (Å²) in [5.41, 5.74) is 1.06. The van der Waals surface area contributed by atoms with E-state index in [0.29, 0.717) is 21.9 Å². The lowest BCUT2D eigenvalue weighted by Crippen LogP contribution is -2.05. The van der Waals surface area contributed by atoms with Crippen LogP contribution < -0.4 is 4.74 Å². The molecule has 3 aromatic rings. The van der Waals surface area contributed by atoms with Crippen LogP contribution in [0.4, 0.5) is 4.39 Å². The highest BCUT2D eigenvalue weighted by atomic mass is 35.5. The van der Waals surface area contributed by atoms with Crippen LogP contribution in [0.1, 0.15) is 18.1 Å². The fraction of sp³-hybridized carbons (Fsp3) is 0.190. The Morgan fingerprint density at radius 3 is 2.52 bits per heavy atom. The number of benzene rings is 3. The lowest BCUT2D eigenvalue weighted by atomic mass is 9.98. The van der Waals surface area contributed by atoms with Crippen LogP contribution >= 0.6 is 11.6 Å². The maximum Gasteiger partial charge on any atom is 0.307 e. The monoisotopic (exact) mass is 436 g/mol. The summed E-state index contributed by atoms with van der Waals surface area (Å²) < 4.78 is 43.9. The molecular formula is C21H18ClFO5S. The molecule has 29 heavy (non-hydrogen) atoms. The lowest BCUT2D eigenvalue weighted by molar-refractivity contribution is -0.136. The Kier molecular flexibility index (Phi) is 5.82. The molecule has 5 nitrogen and oxygen atoms in total. The molecule has 0 unspecified atom stereocenters. The van der Waals surface area contributed by atoms with Gasteiger partial charge in [0.15, 0.2) is 9.84 Å². The first-order chi connectivity index (χ1) is 13.6. The minimum Gasteiger partial charge on any atom is -0.481 e. The third kappa shape index (κ3) is 4.36. The Balaban J connectivity index is 2.15. The molecule has 0 atom stereocenters. The molecule has 0 aromatic heterocycles. The van der Waals surface area contributed by atoms with Crippen molar-refractivity contribution in [2.24, 2.45) is 0 Å². The fourth-order valence-corrected chi connectivity index (χ4v) is 4.20. The third-order valence-electron chi connectivity index (χ3n) is 4.61. The van der Waals surface area contributed by atoms with Gasteiger partial charge >= 0.3 is 5.97 Å². The molecule has 0 saturated carbocycles. The minimum absolute atomic E-state index is 0.0657. The van der Waals surface area contributed by atoms with Crippen LogP contribution in [0.25, 0.3) is 10.8 Å². The summed E-state index contributed by atoms with van der Waals surface area (Å²) in [4.78, 5) is 11.3. The highest BCUT2D eigenvalue weighted by Gasteiger charge is 2.18. The van der Waals surface area contributed by atoms with Crippen molar-refractivity contribution < 1.29 is 27.4 Å². The van der Waals surface area contributed by atoms with Gasteiger partial charge in [-0.1, -0.05) is 30.7 Å². The van der Waals surface area contributed by atoms with E-state index in [1.54, 1.807) is 19.1 Å². The number of aliphatic carboxylic acids is 1. The van der Waals surface area contributed by atoms with E-state index in [1.807, 2.05) is 0 Å². The number of ether oxygens (including phenoxy) is 1. The van der Waals surface area contributed by atoms with Gasteiger partial charge in [-0.3, -0.25) is 4.79 Å². The van der Waals surface area contributed by atoms with E-state index >= 15 is 0 Å². The van der Waals surface area contributed by atoms with E-state index in [-0.39, 0.29) is 33.6 Å². The first-order valence-corrected chi connectivity index (χ1v) is 10.8. The number of halogens is 2. The van der Waals surface area contributed by atoms with Crippen LogP contribution in [0.5, 0.6) is 11.5 Å². The van der Waals surface area contributed by atoms with Crippen LogP contribution in [-0.2, 0) is 21.1 Å². The molecule has 0 amide bonds. The number of hydrogen-bond donors (Lipinski definition) is 1. The third-order valence-corrected chi connectivity index (χ3v) is 6.64. The molecule has 152 valence electrons. The number of carboxylic acids is 1. The molecule has 1 N–H and O–H groups in total. The summed E-state index contributed by atoms with van der Waals surface area (Å²) in [7, 11) is -3.43. The van der Waals surface area contributed by atoms with Crippen LogP contribution in [0.2, 0.25) is 5.02 Å². The summed E-state index contributed by atoms with van der Waals surface area (Å²) in [5, 5.41) is 10.3. The van der Waals surface area contributed by atoms with E-state index in [9.17, 15) is 22.7 Å². The van der Waals surface area contributed by atoms with Crippen molar-refractivity contribution in [2.75, 3.05) is 5.75 Å². The van der Waals surface area contributed by atoms with Crippen molar-refractivity contribution in [2.45, 2.75) is 25.2 Å². The summed E-state index contributed by atoms with van der Waals surface area (Å²) >= 11 is 6.24. The summed E-state index contributed by atoms with van der Waals surface area (Å²) in [5.74, 6) is -1.09. The molecule has 0 aliphatic carbocycles. The zero-order valence-electron chi connectivity index (χ0n) is 15.7. The Hall–Kier alpha value is -2.64. The van der Waals surface area contributed by atoms with Gasteiger partial charge in [-0.05, 0) is 53.8 Å². The van der Waals surface area contributed by atoms with Gasteiger partial charge in [0.25, 0.3) is 0 Å². The summed E-state index contributed by atoms with van der Waals surface area (Å²) in [6, 6.07) is 9.92. The van der Waals surface area contributed by atoms with Crippen LogP contribution in [0, 0.1) is 12.7 Å². The second-order valence-corrected chi connectivity index (χ2v) is 9.21. The van der Waals surface area contributed by atoms with Gasteiger partial charge in [0.2, 0.25) is 0 Å². The first-order valence-electron chi connectivity index (χ1n) is 8.76. The zero-order valence-corrected chi connectivity index (χ0v) is 17.3. The average molecular weight is 437 g/mol. The van der Waals surface area contributed by atoms with Gasteiger partial charge in [-0.2, -0.15) is 0 Å². The minimum atomic E-state index is -3.43. The van der Waals surface area contributed by atoms with Crippen LogP contribution in [-0.4, -0.2) is 25.2 Å². The smallest absolute Gasteiger partial charge is 0.307 e. The van der Waals surface area contributed by atoms with Crippen molar-refractivity contribution >= 4 is 38.2 Å². The van der Waals surface area contributed by atoms with Gasteiger partial charge in [-0.15, -0.1) is 0 Å². The molecule has 0 spiro atoms. The van der Waals surface area contributed by atoms with Crippen molar-refractivity contribution in [3.8, 4) is 11.5 Å². The van der Waals surface area contributed by atoms with Gasteiger partial charge in [-0.25, -0.2) is 12.8 Å². The molecule has 0 radical (unpaired) electrons. The molecule has 0 bridgehead atoms. The standard InChI is InChI=1S/C21H18ClFO5S/c1-3-29(26,27)16-6-7-19(18(22)11-16)28-21-12(2)14(9-20(24)25)8-13-4-5-15(23)10-17(13)21/h4-8,10-11H,3,9H2,1-2H3,(H,24,25). The number of fused-ring (bicyclic) bond motifs is 1. The normalized spacial score (nSPS) is 11.6. The molecule has 0 aliphatic rings. The molecule has 0 aliphatic heterocycles. The topological polar surface area (TPSA) is 80.7 Å².